The Kier molecular flexibility index (Phi) is 6.31. The molecule has 0 saturated heterocycles. The summed E-state index contributed by atoms with van der Waals surface area (Å²) in [5.41, 5.74) is -0.871. The third kappa shape index (κ3) is 5.93. The van der Waals surface area contributed by atoms with Crippen molar-refractivity contribution in [3.63, 3.8) is 0 Å². The van der Waals surface area contributed by atoms with Crippen LogP contribution in [-0.4, -0.2) is 36.9 Å². The maximum absolute atomic E-state index is 11.6. The molecule has 0 saturated carbocycles. The number of ether oxygens (including phenoxy) is 2. The van der Waals surface area contributed by atoms with Gasteiger partial charge in [0.05, 0.1) is 12.7 Å². The van der Waals surface area contributed by atoms with E-state index in [0.717, 1.165) is 12.2 Å². The van der Waals surface area contributed by atoms with Gasteiger partial charge in [-0.05, 0) is 37.6 Å². The molecular weight excluding hydrogens is 258 g/mol. The number of hydrogen-bond donors (Lipinski definition) is 2. The number of rotatable bonds is 8. The molecule has 1 amide bonds. The Balaban J connectivity index is 2.32. The summed E-state index contributed by atoms with van der Waals surface area (Å²) in [5, 5.41) is 12.6. The Morgan fingerprint density at radius 1 is 1.30 bits per heavy atom. The van der Waals surface area contributed by atoms with Gasteiger partial charge in [-0.15, -0.1) is 0 Å². The molecule has 0 heterocycles. The lowest BCUT2D eigenvalue weighted by Gasteiger charge is -2.22. The second-order valence-electron chi connectivity index (χ2n) is 4.99. The van der Waals surface area contributed by atoms with Crippen molar-refractivity contribution < 1.29 is 19.4 Å². The zero-order chi connectivity index (χ0) is 15.0. The fourth-order valence-electron chi connectivity index (χ4n) is 1.79. The molecule has 0 aliphatic rings. The number of hydrogen-bond acceptors (Lipinski definition) is 4. The van der Waals surface area contributed by atoms with Crippen LogP contribution in [-0.2, 0) is 4.79 Å². The number of methoxy groups -OCH3 is 1. The Morgan fingerprint density at radius 3 is 2.45 bits per heavy atom. The van der Waals surface area contributed by atoms with Crippen LogP contribution >= 0.6 is 0 Å². The molecule has 0 aromatic heterocycles. The fourth-order valence-corrected chi connectivity index (χ4v) is 1.79. The van der Waals surface area contributed by atoms with Gasteiger partial charge in [0, 0.05) is 6.54 Å². The highest BCUT2D eigenvalue weighted by molar-refractivity contribution is 5.77. The summed E-state index contributed by atoms with van der Waals surface area (Å²) in [6.07, 6.45) is 1.51. The van der Waals surface area contributed by atoms with Gasteiger partial charge in [-0.2, -0.15) is 0 Å². The standard InChI is InChI=1S/C15H23NO4/c1-4-9-15(2,18)11-16-14(17)10-20-13-7-5-12(19-3)6-8-13/h5-8,18H,4,9-11H2,1-3H3,(H,16,17). The zero-order valence-electron chi connectivity index (χ0n) is 12.3. The van der Waals surface area contributed by atoms with E-state index < -0.39 is 5.60 Å². The molecule has 1 aromatic carbocycles. The quantitative estimate of drug-likeness (QED) is 0.761. The second-order valence-corrected chi connectivity index (χ2v) is 4.99. The van der Waals surface area contributed by atoms with Gasteiger partial charge in [-0.25, -0.2) is 0 Å². The zero-order valence-corrected chi connectivity index (χ0v) is 12.3. The fraction of sp³-hybridized carbons (Fsp3) is 0.533. The van der Waals surface area contributed by atoms with E-state index in [1.165, 1.54) is 0 Å². The minimum absolute atomic E-state index is 0.0749. The molecule has 1 aromatic rings. The molecular formula is C15H23NO4. The lowest BCUT2D eigenvalue weighted by molar-refractivity contribution is -0.124. The molecule has 1 atom stereocenters. The molecule has 0 fully saturated rings. The summed E-state index contributed by atoms with van der Waals surface area (Å²) in [5.74, 6) is 1.08. The number of nitrogens with one attached hydrogen (secondary N) is 1. The SMILES string of the molecule is CCCC(C)(O)CNC(=O)COc1ccc(OC)cc1. The summed E-state index contributed by atoms with van der Waals surface area (Å²) in [7, 11) is 1.59. The Labute approximate surface area is 119 Å². The lowest BCUT2D eigenvalue weighted by atomic mass is 10.0. The largest absolute Gasteiger partial charge is 0.497 e. The molecule has 112 valence electrons. The molecule has 0 aliphatic carbocycles. The first-order chi connectivity index (χ1) is 9.46. The van der Waals surface area contributed by atoms with E-state index in [4.69, 9.17) is 9.47 Å². The van der Waals surface area contributed by atoms with Crippen molar-refractivity contribution in [1.82, 2.24) is 5.32 Å². The van der Waals surface area contributed by atoms with Crippen LogP contribution < -0.4 is 14.8 Å². The maximum Gasteiger partial charge on any atom is 0.258 e. The maximum atomic E-state index is 11.6. The molecule has 0 bridgehead atoms. The van der Waals surface area contributed by atoms with Crippen LogP contribution in [0.5, 0.6) is 11.5 Å². The number of benzene rings is 1. The van der Waals surface area contributed by atoms with Crippen LogP contribution in [0.3, 0.4) is 0 Å². The van der Waals surface area contributed by atoms with Gasteiger partial charge in [0.25, 0.3) is 5.91 Å². The topological polar surface area (TPSA) is 67.8 Å². The smallest absolute Gasteiger partial charge is 0.258 e. The number of aliphatic hydroxyl groups is 1. The average Bonchev–Trinajstić information content (AvgIpc) is 2.43. The van der Waals surface area contributed by atoms with E-state index in [-0.39, 0.29) is 19.1 Å². The number of carbonyl (C=O) groups excluding carboxylic acids is 1. The van der Waals surface area contributed by atoms with Crippen molar-refractivity contribution in [2.45, 2.75) is 32.3 Å². The van der Waals surface area contributed by atoms with Gasteiger partial charge in [-0.3, -0.25) is 4.79 Å². The molecule has 20 heavy (non-hydrogen) atoms. The van der Waals surface area contributed by atoms with E-state index in [2.05, 4.69) is 5.32 Å². The van der Waals surface area contributed by atoms with Crippen molar-refractivity contribution in [3.8, 4) is 11.5 Å². The molecule has 0 radical (unpaired) electrons. The van der Waals surface area contributed by atoms with E-state index in [9.17, 15) is 9.90 Å². The molecule has 1 unspecified atom stereocenters. The van der Waals surface area contributed by atoms with E-state index in [1.54, 1.807) is 38.3 Å². The Bertz CT molecular complexity index is 414. The van der Waals surface area contributed by atoms with Gasteiger partial charge in [0.15, 0.2) is 6.61 Å². The molecule has 2 N–H and O–H groups in total. The summed E-state index contributed by atoms with van der Waals surface area (Å²) in [6, 6.07) is 7.00. The van der Waals surface area contributed by atoms with Crippen molar-refractivity contribution >= 4 is 5.91 Å². The van der Waals surface area contributed by atoms with E-state index in [0.29, 0.717) is 12.2 Å². The summed E-state index contributed by atoms with van der Waals surface area (Å²) >= 11 is 0. The van der Waals surface area contributed by atoms with Crippen LogP contribution in [0.1, 0.15) is 26.7 Å². The van der Waals surface area contributed by atoms with E-state index in [1.807, 2.05) is 6.92 Å². The van der Waals surface area contributed by atoms with Crippen LogP contribution in [0.2, 0.25) is 0 Å². The molecule has 5 heteroatoms. The van der Waals surface area contributed by atoms with Crippen LogP contribution in [0.25, 0.3) is 0 Å². The summed E-state index contributed by atoms with van der Waals surface area (Å²) in [6.45, 7) is 3.85. The highest BCUT2D eigenvalue weighted by Crippen LogP contribution is 2.16. The van der Waals surface area contributed by atoms with Crippen molar-refractivity contribution in [2.24, 2.45) is 0 Å². The molecule has 1 rings (SSSR count). The van der Waals surface area contributed by atoms with Crippen LogP contribution in [0.4, 0.5) is 0 Å². The molecule has 0 spiro atoms. The number of amides is 1. The van der Waals surface area contributed by atoms with Gasteiger partial charge in [0.1, 0.15) is 11.5 Å². The van der Waals surface area contributed by atoms with Crippen molar-refractivity contribution in [3.05, 3.63) is 24.3 Å². The predicted molar refractivity (Wildman–Crippen MR) is 77.0 cm³/mol. The van der Waals surface area contributed by atoms with Crippen molar-refractivity contribution in [2.75, 3.05) is 20.3 Å². The highest BCUT2D eigenvalue weighted by Gasteiger charge is 2.19. The Hall–Kier alpha value is -1.75. The first-order valence-electron chi connectivity index (χ1n) is 6.73. The summed E-state index contributed by atoms with van der Waals surface area (Å²) < 4.78 is 10.4. The third-order valence-electron chi connectivity index (χ3n) is 2.88. The third-order valence-corrected chi connectivity index (χ3v) is 2.88. The normalized spacial score (nSPS) is 13.4. The minimum atomic E-state index is -0.871. The first kappa shape index (κ1) is 16.3. The lowest BCUT2D eigenvalue weighted by Crippen LogP contribution is -2.42. The predicted octanol–water partition coefficient (Wildman–Crippen LogP) is 1.74. The van der Waals surface area contributed by atoms with Crippen LogP contribution in [0, 0.1) is 0 Å². The van der Waals surface area contributed by atoms with Crippen molar-refractivity contribution in [1.29, 1.82) is 0 Å². The van der Waals surface area contributed by atoms with E-state index >= 15 is 0 Å². The van der Waals surface area contributed by atoms with Gasteiger partial charge < -0.3 is 19.9 Å². The molecule has 5 nitrogen and oxygen atoms in total. The minimum Gasteiger partial charge on any atom is -0.497 e. The van der Waals surface area contributed by atoms with Gasteiger partial charge in [0.2, 0.25) is 0 Å². The molecule has 0 aliphatic heterocycles. The monoisotopic (exact) mass is 281 g/mol. The Morgan fingerprint density at radius 2 is 1.90 bits per heavy atom. The average molecular weight is 281 g/mol. The second kappa shape index (κ2) is 7.75. The first-order valence-corrected chi connectivity index (χ1v) is 6.73. The van der Waals surface area contributed by atoms with Gasteiger partial charge in [-0.1, -0.05) is 13.3 Å². The van der Waals surface area contributed by atoms with Gasteiger partial charge >= 0.3 is 0 Å². The summed E-state index contributed by atoms with van der Waals surface area (Å²) in [4.78, 5) is 11.6. The van der Waals surface area contributed by atoms with Crippen LogP contribution in [0.15, 0.2) is 24.3 Å². The number of carbonyl (C=O) groups is 1. The highest BCUT2D eigenvalue weighted by atomic mass is 16.5.